The Labute approximate surface area is 124 Å². The van der Waals surface area contributed by atoms with E-state index in [-0.39, 0.29) is 0 Å². The summed E-state index contributed by atoms with van der Waals surface area (Å²) >= 11 is 0. The molecule has 9 atom stereocenters. The van der Waals surface area contributed by atoms with Crippen molar-refractivity contribution in [3.63, 3.8) is 0 Å². The molecule has 5 aliphatic rings. The van der Waals surface area contributed by atoms with Crippen molar-refractivity contribution in [2.24, 2.45) is 23.7 Å². The van der Waals surface area contributed by atoms with Crippen molar-refractivity contribution in [1.29, 1.82) is 0 Å². The molecule has 9 unspecified atom stereocenters. The average Bonchev–Trinajstić information content (AvgIpc) is 3.28. The molecule has 0 aromatic carbocycles. The fourth-order valence-corrected chi connectivity index (χ4v) is 8.52. The molecule has 0 spiro atoms. The predicted molar refractivity (Wildman–Crippen MR) is 83.7 cm³/mol. The van der Waals surface area contributed by atoms with Crippen molar-refractivity contribution < 1.29 is 4.74 Å². The lowest BCUT2D eigenvalue weighted by molar-refractivity contribution is 0.106. The maximum atomic E-state index is 6.02. The van der Waals surface area contributed by atoms with Gasteiger partial charge in [-0.25, -0.2) is 0 Å². The second kappa shape index (κ2) is 4.67. The summed E-state index contributed by atoms with van der Waals surface area (Å²) in [5.41, 5.74) is 2.16. The van der Waals surface area contributed by atoms with E-state index in [0.717, 1.165) is 47.6 Å². The molecule has 2 aliphatic heterocycles. The molecule has 0 aromatic rings. The van der Waals surface area contributed by atoms with Crippen molar-refractivity contribution in [2.45, 2.75) is 62.0 Å². The van der Waals surface area contributed by atoms with E-state index in [0.29, 0.717) is 6.10 Å². The fourth-order valence-electron chi connectivity index (χ4n) is 5.77. The average molecular weight is 293 g/mol. The van der Waals surface area contributed by atoms with E-state index in [1.165, 1.54) is 47.2 Å². The van der Waals surface area contributed by atoms with Gasteiger partial charge in [-0.2, -0.15) is 0 Å². The minimum absolute atomic E-state index is 0.640. The zero-order valence-corrected chi connectivity index (χ0v) is 13.6. The van der Waals surface area contributed by atoms with Gasteiger partial charge in [0.1, 0.15) is 0 Å². The molecule has 2 heterocycles. The Morgan fingerprint density at radius 1 is 1.10 bits per heavy atom. The Hall–Kier alpha value is 0.350. The summed E-state index contributed by atoms with van der Waals surface area (Å²) < 4.78 is 6.02. The molecule has 0 bridgehead atoms. The molecule has 0 aromatic heterocycles. The highest BCUT2D eigenvalue weighted by molar-refractivity contribution is 7.40. The summed E-state index contributed by atoms with van der Waals surface area (Å²) in [6.07, 6.45) is 9.29. The Balaban J connectivity index is 1.39. The lowest BCUT2D eigenvalue weighted by Crippen LogP contribution is -2.44. The Morgan fingerprint density at radius 3 is 3.00 bits per heavy atom. The van der Waals surface area contributed by atoms with Gasteiger partial charge in [0, 0.05) is 19.2 Å². The number of hydrogen-bond donors (Lipinski definition) is 0. The van der Waals surface area contributed by atoms with Crippen LogP contribution in [-0.2, 0) is 4.74 Å². The second-order valence-electron chi connectivity index (χ2n) is 8.17. The van der Waals surface area contributed by atoms with Crippen molar-refractivity contribution >= 4 is 8.58 Å². The number of ether oxygens (including phenoxy) is 1. The van der Waals surface area contributed by atoms with Gasteiger partial charge in [0.25, 0.3) is 0 Å². The third kappa shape index (κ3) is 2.02. The van der Waals surface area contributed by atoms with Crippen LogP contribution >= 0.6 is 8.58 Å². The number of rotatable bonds is 0. The minimum Gasteiger partial charge on any atom is -0.378 e. The van der Waals surface area contributed by atoms with E-state index >= 15 is 0 Å². The van der Waals surface area contributed by atoms with Crippen LogP contribution in [0.2, 0.25) is 0 Å². The maximum Gasteiger partial charge on any atom is 0.0608 e. The molecular formula is C17H28NOP. The van der Waals surface area contributed by atoms with Crippen LogP contribution in [0.4, 0.5) is 0 Å². The SMILES string of the molecule is CN1CC2CCC3C(PC4CCCOC5CC5CC41)C23. The third-order valence-electron chi connectivity index (χ3n) is 7.00. The zero-order valence-electron chi connectivity index (χ0n) is 12.6. The van der Waals surface area contributed by atoms with Gasteiger partial charge in [0.15, 0.2) is 0 Å². The van der Waals surface area contributed by atoms with E-state index in [1.807, 2.05) is 0 Å². The Bertz CT molecular complexity index is 402. The quantitative estimate of drug-likeness (QED) is 0.637. The van der Waals surface area contributed by atoms with Gasteiger partial charge in [-0.05, 0) is 80.6 Å². The summed E-state index contributed by atoms with van der Waals surface area (Å²) in [6, 6.07) is 0.882. The highest BCUT2D eigenvalue weighted by Gasteiger charge is 2.59. The van der Waals surface area contributed by atoms with Crippen LogP contribution in [0.25, 0.3) is 0 Å². The topological polar surface area (TPSA) is 12.5 Å². The van der Waals surface area contributed by atoms with Crippen molar-refractivity contribution in [1.82, 2.24) is 4.90 Å². The first-order valence-corrected chi connectivity index (χ1v) is 10.0. The van der Waals surface area contributed by atoms with Crippen molar-refractivity contribution in [3.05, 3.63) is 0 Å². The summed E-state index contributed by atoms with van der Waals surface area (Å²) in [5, 5.41) is 0. The molecule has 2 saturated heterocycles. The first kappa shape index (κ1) is 12.9. The molecular weight excluding hydrogens is 265 g/mol. The molecule has 3 heteroatoms. The summed E-state index contributed by atoms with van der Waals surface area (Å²) in [4.78, 5) is 2.79. The van der Waals surface area contributed by atoms with Crippen LogP contribution in [0, 0.1) is 23.7 Å². The summed E-state index contributed by atoms with van der Waals surface area (Å²) in [6.45, 7) is 2.44. The van der Waals surface area contributed by atoms with E-state index in [1.54, 1.807) is 6.42 Å². The molecule has 0 N–H and O–H groups in total. The maximum absolute atomic E-state index is 6.02. The number of fused-ring (bicyclic) bond motifs is 3. The van der Waals surface area contributed by atoms with E-state index in [4.69, 9.17) is 4.74 Å². The second-order valence-corrected chi connectivity index (χ2v) is 9.91. The van der Waals surface area contributed by atoms with Crippen LogP contribution in [0.3, 0.4) is 0 Å². The van der Waals surface area contributed by atoms with Gasteiger partial charge < -0.3 is 9.64 Å². The van der Waals surface area contributed by atoms with Crippen molar-refractivity contribution in [2.75, 3.05) is 20.2 Å². The van der Waals surface area contributed by atoms with Gasteiger partial charge in [-0.3, -0.25) is 0 Å². The van der Waals surface area contributed by atoms with Gasteiger partial charge in [0.2, 0.25) is 0 Å². The van der Waals surface area contributed by atoms with Crippen LogP contribution in [-0.4, -0.2) is 48.6 Å². The molecule has 5 rings (SSSR count). The standard InChI is InChI=1S/C17H28NOP/c1-18-9-10-4-5-12-16(10)17(12)20-15-3-2-6-19-14-8-11(14)7-13(15)18/h10-17,20H,2-9H2,1H3. The lowest BCUT2D eigenvalue weighted by atomic mass is 9.97. The lowest BCUT2D eigenvalue weighted by Gasteiger charge is -2.39. The fraction of sp³-hybridized carbons (Fsp3) is 1.00. The first-order chi connectivity index (χ1) is 9.81. The minimum atomic E-state index is 0.640. The van der Waals surface area contributed by atoms with Gasteiger partial charge in [-0.15, -0.1) is 8.58 Å². The summed E-state index contributed by atoms with van der Waals surface area (Å²) in [7, 11) is 3.71. The normalized spacial score (nSPS) is 59.2. The highest BCUT2D eigenvalue weighted by atomic mass is 31.1. The van der Waals surface area contributed by atoms with Crippen LogP contribution in [0.1, 0.15) is 38.5 Å². The number of nitrogens with zero attached hydrogens (tertiary/aromatic N) is 1. The molecule has 2 nitrogen and oxygen atoms in total. The van der Waals surface area contributed by atoms with E-state index in [2.05, 4.69) is 11.9 Å². The Morgan fingerprint density at radius 2 is 2.05 bits per heavy atom. The first-order valence-electron chi connectivity index (χ1n) is 8.89. The third-order valence-corrected chi connectivity index (χ3v) is 9.30. The molecule has 3 saturated carbocycles. The smallest absolute Gasteiger partial charge is 0.0608 e. The van der Waals surface area contributed by atoms with Crippen LogP contribution < -0.4 is 0 Å². The Kier molecular flexibility index (Phi) is 3.00. The number of hydrogen-bond acceptors (Lipinski definition) is 2. The molecule has 112 valence electrons. The highest BCUT2D eigenvalue weighted by Crippen LogP contribution is 2.66. The molecule has 0 radical (unpaired) electrons. The summed E-state index contributed by atoms with van der Waals surface area (Å²) in [5.74, 6) is 4.26. The van der Waals surface area contributed by atoms with Crippen LogP contribution in [0.5, 0.6) is 0 Å². The molecule has 3 aliphatic carbocycles. The largest absolute Gasteiger partial charge is 0.378 e. The monoisotopic (exact) mass is 293 g/mol. The van der Waals surface area contributed by atoms with Gasteiger partial charge >= 0.3 is 0 Å². The van der Waals surface area contributed by atoms with E-state index < -0.39 is 0 Å². The van der Waals surface area contributed by atoms with Gasteiger partial charge in [0.05, 0.1) is 6.10 Å². The molecule has 20 heavy (non-hydrogen) atoms. The van der Waals surface area contributed by atoms with Crippen molar-refractivity contribution in [3.8, 4) is 0 Å². The van der Waals surface area contributed by atoms with Crippen LogP contribution in [0.15, 0.2) is 0 Å². The predicted octanol–water partition coefficient (Wildman–Crippen LogP) is 2.96. The van der Waals surface area contributed by atoms with Gasteiger partial charge in [-0.1, -0.05) is 0 Å². The van der Waals surface area contributed by atoms with E-state index in [9.17, 15) is 0 Å². The zero-order chi connectivity index (χ0) is 13.3. The molecule has 0 amide bonds. The molecule has 5 fully saturated rings.